The van der Waals surface area contributed by atoms with E-state index in [4.69, 9.17) is 0 Å². The van der Waals surface area contributed by atoms with Gasteiger partial charge in [0, 0.05) is 15.9 Å². The average Bonchev–Trinajstić information content (AvgIpc) is 3.35. The Bertz CT molecular complexity index is 623. The highest BCUT2D eigenvalue weighted by Crippen LogP contribution is 2.60. The van der Waals surface area contributed by atoms with Crippen molar-refractivity contribution < 1.29 is 5.11 Å². The van der Waals surface area contributed by atoms with Crippen LogP contribution in [0.4, 0.5) is 0 Å². The van der Waals surface area contributed by atoms with E-state index in [1.807, 2.05) is 0 Å². The van der Waals surface area contributed by atoms with Crippen LogP contribution in [0.2, 0.25) is 13.1 Å². The lowest BCUT2D eigenvalue weighted by Crippen LogP contribution is -2.48. The molecule has 3 rings (SSSR count). The van der Waals surface area contributed by atoms with Crippen LogP contribution in [0.5, 0.6) is 0 Å². The first-order chi connectivity index (χ1) is 11.1. The van der Waals surface area contributed by atoms with Crippen molar-refractivity contribution >= 4 is 19.8 Å². The van der Waals surface area contributed by atoms with Crippen molar-refractivity contribution in [1.29, 1.82) is 0 Å². The molecular weight excluding hydrogens is 316 g/mol. The van der Waals surface area contributed by atoms with Crippen LogP contribution in [0.15, 0.2) is 65.6 Å². The molecular formula is C20H26OSSi. The predicted octanol–water partition coefficient (Wildman–Crippen LogP) is 5.26. The van der Waals surface area contributed by atoms with Gasteiger partial charge in [0.1, 0.15) is 0 Å². The molecule has 3 heteroatoms. The van der Waals surface area contributed by atoms with Gasteiger partial charge in [-0.25, -0.2) is 0 Å². The minimum Gasteiger partial charge on any atom is -0.396 e. The molecule has 0 heterocycles. The summed E-state index contributed by atoms with van der Waals surface area (Å²) in [4.78, 5) is 1.39. The first-order valence-corrected chi connectivity index (χ1v) is 12.4. The molecule has 1 saturated carbocycles. The smallest absolute Gasteiger partial charge is 0.0736 e. The Morgan fingerprint density at radius 2 is 1.57 bits per heavy atom. The number of aliphatic hydroxyl groups excluding tert-OH is 1. The van der Waals surface area contributed by atoms with Gasteiger partial charge < -0.3 is 5.11 Å². The number of rotatable bonds is 7. The summed E-state index contributed by atoms with van der Waals surface area (Å²) in [5.74, 6) is 0. The van der Waals surface area contributed by atoms with Gasteiger partial charge in [0.2, 0.25) is 0 Å². The van der Waals surface area contributed by atoms with Crippen molar-refractivity contribution in [1.82, 2.24) is 0 Å². The average molecular weight is 343 g/mol. The van der Waals surface area contributed by atoms with Crippen LogP contribution in [0.3, 0.4) is 0 Å². The number of hydrogen-bond acceptors (Lipinski definition) is 2. The third-order valence-electron chi connectivity index (χ3n) is 5.43. The molecule has 23 heavy (non-hydrogen) atoms. The Morgan fingerprint density at radius 3 is 2.09 bits per heavy atom. The summed E-state index contributed by atoms with van der Waals surface area (Å²) in [6, 6.07) is 21.7. The van der Waals surface area contributed by atoms with E-state index in [-0.39, 0.29) is 6.61 Å². The number of aliphatic hydroxyl groups is 1. The molecule has 1 fully saturated rings. The zero-order chi connectivity index (χ0) is 16.3. The Labute approximate surface area is 145 Å². The van der Waals surface area contributed by atoms with Crippen molar-refractivity contribution in [3.05, 3.63) is 66.2 Å². The Morgan fingerprint density at radius 1 is 1.00 bits per heavy atom. The van der Waals surface area contributed by atoms with Crippen molar-refractivity contribution in [2.45, 2.75) is 47.2 Å². The maximum Gasteiger partial charge on any atom is 0.0736 e. The van der Waals surface area contributed by atoms with Gasteiger partial charge in [-0.1, -0.05) is 61.6 Å². The van der Waals surface area contributed by atoms with Crippen molar-refractivity contribution in [2.24, 2.45) is 0 Å². The highest BCUT2D eigenvalue weighted by molar-refractivity contribution is 8.02. The maximum absolute atomic E-state index is 9.65. The highest BCUT2D eigenvalue weighted by atomic mass is 32.2. The van der Waals surface area contributed by atoms with Gasteiger partial charge >= 0.3 is 0 Å². The molecule has 0 radical (unpaired) electrons. The van der Waals surface area contributed by atoms with E-state index in [1.165, 1.54) is 23.3 Å². The molecule has 1 aliphatic rings. The molecule has 0 aliphatic heterocycles. The molecule has 0 saturated heterocycles. The van der Waals surface area contributed by atoms with E-state index in [0.717, 1.165) is 6.42 Å². The predicted molar refractivity (Wildman–Crippen MR) is 103 cm³/mol. The second kappa shape index (κ2) is 6.84. The summed E-state index contributed by atoms with van der Waals surface area (Å²) in [5, 5.41) is 9.65. The monoisotopic (exact) mass is 342 g/mol. The van der Waals surface area contributed by atoms with Gasteiger partial charge in [0.15, 0.2) is 0 Å². The Balaban J connectivity index is 1.88. The molecule has 122 valence electrons. The van der Waals surface area contributed by atoms with Gasteiger partial charge in [-0.05, 0) is 42.5 Å². The SMILES string of the molecule is C[Si](C)(C(CCO)c1ccccc1)C1(Sc2ccccc2)CC1. The topological polar surface area (TPSA) is 20.2 Å². The summed E-state index contributed by atoms with van der Waals surface area (Å²) < 4.78 is 0.421. The second-order valence-electron chi connectivity index (χ2n) is 7.11. The molecule has 1 aliphatic carbocycles. The molecule has 1 nitrogen and oxygen atoms in total. The normalized spacial score (nSPS) is 17.7. The molecule has 0 amide bonds. The van der Waals surface area contributed by atoms with E-state index in [0.29, 0.717) is 9.91 Å². The van der Waals surface area contributed by atoms with Crippen molar-refractivity contribution in [3.8, 4) is 0 Å². The fourth-order valence-electron chi connectivity index (χ4n) is 3.78. The van der Waals surface area contributed by atoms with E-state index < -0.39 is 8.07 Å². The van der Waals surface area contributed by atoms with Gasteiger partial charge in [-0.2, -0.15) is 0 Å². The lowest BCUT2D eigenvalue weighted by atomic mass is 10.1. The zero-order valence-electron chi connectivity index (χ0n) is 14.0. The number of thioether (sulfide) groups is 1. The van der Waals surface area contributed by atoms with Crippen LogP contribution in [0, 0.1) is 0 Å². The summed E-state index contributed by atoms with van der Waals surface area (Å²) >= 11 is 2.09. The van der Waals surface area contributed by atoms with Gasteiger partial charge in [-0.15, -0.1) is 11.8 Å². The molecule has 1 unspecified atom stereocenters. The quantitative estimate of drug-likeness (QED) is 0.692. The lowest BCUT2D eigenvalue weighted by molar-refractivity contribution is 0.285. The van der Waals surface area contributed by atoms with Crippen molar-refractivity contribution in [2.75, 3.05) is 6.61 Å². The fraction of sp³-hybridized carbons (Fsp3) is 0.400. The van der Waals surface area contributed by atoms with E-state index in [2.05, 4.69) is 85.5 Å². The van der Waals surface area contributed by atoms with Gasteiger partial charge in [-0.3, -0.25) is 0 Å². The molecule has 0 bridgehead atoms. The summed E-state index contributed by atoms with van der Waals surface area (Å²) in [6.45, 7) is 5.34. The third-order valence-corrected chi connectivity index (χ3v) is 13.8. The number of benzene rings is 2. The van der Waals surface area contributed by atoms with Crippen molar-refractivity contribution in [3.63, 3.8) is 0 Å². The number of hydrogen-bond donors (Lipinski definition) is 1. The molecule has 2 aromatic rings. The highest BCUT2D eigenvalue weighted by Gasteiger charge is 2.59. The maximum atomic E-state index is 9.65. The van der Waals surface area contributed by atoms with Crippen LogP contribution >= 0.6 is 11.8 Å². The molecule has 2 aromatic carbocycles. The van der Waals surface area contributed by atoms with Gasteiger partial charge in [0.25, 0.3) is 0 Å². The molecule has 1 atom stereocenters. The van der Waals surface area contributed by atoms with Crippen LogP contribution in [-0.2, 0) is 0 Å². The molecule has 0 aromatic heterocycles. The standard InChI is InChI=1S/C20H26OSSi/c1-23(2,19(13-16-21)17-9-5-3-6-10-17)20(14-15-20)22-18-11-7-4-8-12-18/h3-12,19,21H,13-16H2,1-2H3. The Hall–Kier alpha value is -1.03. The van der Waals surface area contributed by atoms with Crippen LogP contribution in [-0.4, -0.2) is 24.2 Å². The second-order valence-corrected chi connectivity index (χ2v) is 14.0. The third kappa shape index (κ3) is 3.42. The Kier molecular flexibility index (Phi) is 5.00. The molecule has 0 spiro atoms. The summed E-state index contributed by atoms with van der Waals surface area (Å²) in [6.07, 6.45) is 3.53. The minimum absolute atomic E-state index is 0.280. The first-order valence-electron chi connectivity index (χ1n) is 8.49. The van der Waals surface area contributed by atoms with Gasteiger partial charge in [0.05, 0.1) is 8.07 Å². The fourth-order valence-corrected chi connectivity index (χ4v) is 10.6. The van der Waals surface area contributed by atoms with Crippen LogP contribution in [0.25, 0.3) is 0 Å². The minimum atomic E-state index is -1.59. The van der Waals surface area contributed by atoms with Crippen LogP contribution < -0.4 is 0 Å². The van der Waals surface area contributed by atoms with E-state index in [1.54, 1.807) is 0 Å². The summed E-state index contributed by atoms with van der Waals surface area (Å²) in [5.41, 5.74) is 1.94. The first kappa shape index (κ1) is 16.8. The summed E-state index contributed by atoms with van der Waals surface area (Å²) in [7, 11) is -1.59. The molecule has 1 N–H and O–H groups in total. The van der Waals surface area contributed by atoms with Crippen LogP contribution in [0.1, 0.15) is 30.4 Å². The van der Waals surface area contributed by atoms with E-state index >= 15 is 0 Å². The largest absolute Gasteiger partial charge is 0.396 e. The van der Waals surface area contributed by atoms with E-state index in [9.17, 15) is 5.11 Å². The zero-order valence-corrected chi connectivity index (χ0v) is 15.9. The lowest BCUT2D eigenvalue weighted by Gasteiger charge is -2.40.